The molecule has 5 heteroatoms. The molecule has 0 saturated carbocycles. The second kappa shape index (κ2) is 6.14. The monoisotopic (exact) mass is 279 g/mol. The Bertz CT molecular complexity index is 534. The smallest absolute Gasteiger partial charge is 0.216 e. The van der Waals surface area contributed by atoms with Gasteiger partial charge in [-0.15, -0.1) is 11.3 Å². The van der Waals surface area contributed by atoms with Crippen LogP contribution in [0.15, 0.2) is 30.3 Å². The number of thiophene rings is 1. The van der Waals surface area contributed by atoms with Crippen molar-refractivity contribution in [3.05, 3.63) is 35.2 Å². The first kappa shape index (κ1) is 14.0. The van der Waals surface area contributed by atoms with Gasteiger partial charge < -0.3 is 15.5 Å². The highest BCUT2D eigenvalue weighted by atomic mass is 32.1. The summed E-state index contributed by atoms with van der Waals surface area (Å²) in [4.78, 5) is 11.5. The van der Waals surface area contributed by atoms with Crippen molar-refractivity contribution in [2.45, 2.75) is 25.6 Å². The van der Waals surface area contributed by atoms with Gasteiger partial charge in [0.1, 0.15) is 6.10 Å². The third-order valence-corrected chi connectivity index (χ3v) is 4.10. The molecule has 0 saturated heterocycles. The summed E-state index contributed by atoms with van der Waals surface area (Å²) in [6, 6.07) is 9.75. The number of carbonyl (C=O) groups is 1. The Hall–Kier alpha value is -1.43. The van der Waals surface area contributed by atoms with Crippen molar-refractivity contribution in [3.8, 4) is 0 Å². The van der Waals surface area contributed by atoms with Gasteiger partial charge in [-0.05, 0) is 23.9 Å². The summed E-state index contributed by atoms with van der Waals surface area (Å²) in [5, 5.41) is 23.7. The fourth-order valence-corrected chi connectivity index (χ4v) is 3.00. The Kier molecular flexibility index (Phi) is 4.52. The van der Waals surface area contributed by atoms with Crippen LogP contribution in [0.3, 0.4) is 0 Å². The summed E-state index contributed by atoms with van der Waals surface area (Å²) in [7, 11) is 0. The molecule has 1 amide bonds. The van der Waals surface area contributed by atoms with Gasteiger partial charge in [0.2, 0.25) is 5.91 Å². The molecule has 2 unspecified atom stereocenters. The molecule has 0 aliphatic heterocycles. The minimum Gasteiger partial charge on any atom is -0.390 e. The molecular formula is C14H17NO3S. The number of carbonyl (C=O) groups excluding carboxylic acids is 1. The second-order valence-electron chi connectivity index (χ2n) is 4.47. The van der Waals surface area contributed by atoms with Crippen LogP contribution in [0, 0.1) is 0 Å². The standard InChI is InChI=1S/C14H17NO3S/c1-9(16)15-7-6-11(17)14(18)13-8-10-4-2-3-5-12(10)19-13/h2-5,8,11,14,17-18H,6-7H2,1H3,(H,15,16). The van der Waals surface area contributed by atoms with Crippen LogP contribution in [0.4, 0.5) is 0 Å². The van der Waals surface area contributed by atoms with Gasteiger partial charge in [-0.3, -0.25) is 4.79 Å². The molecule has 1 heterocycles. The van der Waals surface area contributed by atoms with Crippen molar-refractivity contribution in [2.24, 2.45) is 0 Å². The van der Waals surface area contributed by atoms with Crippen molar-refractivity contribution in [2.75, 3.05) is 6.54 Å². The molecule has 0 fully saturated rings. The Balaban J connectivity index is 2.01. The van der Waals surface area contributed by atoms with E-state index in [-0.39, 0.29) is 5.91 Å². The highest BCUT2D eigenvalue weighted by molar-refractivity contribution is 7.19. The summed E-state index contributed by atoms with van der Waals surface area (Å²) in [5.74, 6) is -0.136. The first-order valence-corrected chi connectivity index (χ1v) is 6.98. The predicted molar refractivity (Wildman–Crippen MR) is 76.1 cm³/mol. The number of hydrogen-bond donors (Lipinski definition) is 3. The first-order chi connectivity index (χ1) is 9.08. The average molecular weight is 279 g/mol. The lowest BCUT2D eigenvalue weighted by atomic mass is 10.1. The SMILES string of the molecule is CC(=O)NCCC(O)C(O)c1cc2ccccc2s1. The van der Waals surface area contributed by atoms with Gasteiger partial charge in [-0.25, -0.2) is 0 Å². The van der Waals surface area contributed by atoms with Gasteiger partial charge in [-0.1, -0.05) is 18.2 Å². The van der Waals surface area contributed by atoms with Crippen molar-refractivity contribution in [3.63, 3.8) is 0 Å². The van der Waals surface area contributed by atoms with Gasteiger partial charge in [0.05, 0.1) is 6.10 Å². The van der Waals surface area contributed by atoms with Gasteiger partial charge in [0.25, 0.3) is 0 Å². The number of aliphatic hydroxyl groups excluding tert-OH is 2. The summed E-state index contributed by atoms with van der Waals surface area (Å²) in [6.07, 6.45) is -1.46. The van der Waals surface area contributed by atoms with E-state index in [2.05, 4.69) is 5.32 Å². The predicted octanol–water partition coefficient (Wildman–Crippen LogP) is 1.82. The average Bonchev–Trinajstić information content (AvgIpc) is 2.80. The fourth-order valence-electron chi connectivity index (χ4n) is 1.89. The van der Waals surface area contributed by atoms with Crippen LogP contribution in [-0.2, 0) is 4.79 Å². The van der Waals surface area contributed by atoms with E-state index in [9.17, 15) is 15.0 Å². The minimum absolute atomic E-state index is 0.136. The zero-order valence-corrected chi connectivity index (χ0v) is 11.5. The fraction of sp³-hybridized carbons (Fsp3) is 0.357. The molecule has 2 aromatic rings. The molecule has 0 radical (unpaired) electrons. The molecule has 102 valence electrons. The number of hydrogen-bond acceptors (Lipinski definition) is 4. The van der Waals surface area contributed by atoms with Crippen LogP contribution in [0.25, 0.3) is 10.1 Å². The molecule has 3 N–H and O–H groups in total. The number of rotatable bonds is 5. The first-order valence-electron chi connectivity index (χ1n) is 6.17. The highest BCUT2D eigenvalue weighted by Crippen LogP contribution is 2.31. The van der Waals surface area contributed by atoms with Crippen LogP contribution in [0.5, 0.6) is 0 Å². The van der Waals surface area contributed by atoms with E-state index in [0.717, 1.165) is 15.0 Å². The van der Waals surface area contributed by atoms with Crippen LogP contribution in [-0.4, -0.2) is 28.8 Å². The Morgan fingerprint density at radius 3 is 2.79 bits per heavy atom. The van der Waals surface area contributed by atoms with Gasteiger partial charge in [0.15, 0.2) is 0 Å². The lowest BCUT2D eigenvalue weighted by Gasteiger charge is -2.16. The Morgan fingerprint density at radius 2 is 2.11 bits per heavy atom. The number of benzene rings is 1. The lowest BCUT2D eigenvalue weighted by Crippen LogP contribution is -2.27. The zero-order valence-electron chi connectivity index (χ0n) is 10.7. The van der Waals surface area contributed by atoms with E-state index in [0.29, 0.717) is 13.0 Å². The van der Waals surface area contributed by atoms with Crippen LogP contribution < -0.4 is 5.32 Å². The van der Waals surface area contributed by atoms with Crippen LogP contribution >= 0.6 is 11.3 Å². The topological polar surface area (TPSA) is 69.6 Å². The van der Waals surface area contributed by atoms with E-state index in [1.54, 1.807) is 0 Å². The zero-order chi connectivity index (χ0) is 13.8. The largest absolute Gasteiger partial charge is 0.390 e. The maximum Gasteiger partial charge on any atom is 0.216 e. The molecular weight excluding hydrogens is 262 g/mol. The molecule has 4 nitrogen and oxygen atoms in total. The molecule has 1 aromatic carbocycles. The van der Waals surface area contributed by atoms with E-state index in [1.165, 1.54) is 18.3 Å². The molecule has 2 rings (SSSR count). The molecule has 0 aliphatic rings. The molecule has 0 bridgehead atoms. The van der Waals surface area contributed by atoms with Crippen molar-refractivity contribution in [1.82, 2.24) is 5.32 Å². The van der Waals surface area contributed by atoms with Crippen molar-refractivity contribution >= 4 is 27.3 Å². The summed E-state index contributed by atoms with van der Waals surface area (Å²) < 4.78 is 1.09. The summed E-state index contributed by atoms with van der Waals surface area (Å²) in [6.45, 7) is 1.78. The summed E-state index contributed by atoms with van der Waals surface area (Å²) >= 11 is 1.48. The maximum atomic E-state index is 10.7. The van der Waals surface area contributed by atoms with Gasteiger partial charge >= 0.3 is 0 Å². The molecule has 0 spiro atoms. The van der Waals surface area contributed by atoms with E-state index in [1.807, 2.05) is 30.3 Å². The van der Waals surface area contributed by atoms with Gasteiger partial charge in [0, 0.05) is 23.0 Å². The number of nitrogens with one attached hydrogen (secondary N) is 1. The molecule has 19 heavy (non-hydrogen) atoms. The van der Waals surface area contributed by atoms with Crippen molar-refractivity contribution < 1.29 is 15.0 Å². The van der Waals surface area contributed by atoms with E-state index < -0.39 is 12.2 Å². The number of fused-ring (bicyclic) bond motifs is 1. The molecule has 1 aromatic heterocycles. The second-order valence-corrected chi connectivity index (χ2v) is 5.59. The Morgan fingerprint density at radius 1 is 1.37 bits per heavy atom. The number of aliphatic hydroxyl groups is 2. The third-order valence-electron chi connectivity index (χ3n) is 2.91. The highest BCUT2D eigenvalue weighted by Gasteiger charge is 2.20. The molecule has 0 aliphatic carbocycles. The normalized spacial score (nSPS) is 14.3. The maximum absolute atomic E-state index is 10.7. The van der Waals surface area contributed by atoms with E-state index >= 15 is 0 Å². The van der Waals surface area contributed by atoms with Crippen LogP contribution in [0.2, 0.25) is 0 Å². The quantitative estimate of drug-likeness (QED) is 0.782. The van der Waals surface area contributed by atoms with Crippen molar-refractivity contribution in [1.29, 1.82) is 0 Å². The minimum atomic E-state index is -0.911. The number of amides is 1. The lowest BCUT2D eigenvalue weighted by molar-refractivity contribution is -0.119. The molecule has 2 atom stereocenters. The Labute approximate surface area is 115 Å². The summed E-state index contributed by atoms with van der Waals surface area (Å²) in [5.41, 5.74) is 0. The third kappa shape index (κ3) is 3.53. The van der Waals surface area contributed by atoms with E-state index in [4.69, 9.17) is 0 Å². The van der Waals surface area contributed by atoms with Gasteiger partial charge in [-0.2, -0.15) is 0 Å². The van der Waals surface area contributed by atoms with Crippen LogP contribution in [0.1, 0.15) is 24.3 Å².